The van der Waals surface area contributed by atoms with E-state index in [2.05, 4.69) is 9.30 Å². The second-order valence-corrected chi connectivity index (χ2v) is 6.24. The van der Waals surface area contributed by atoms with Crippen LogP contribution < -0.4 is 0 Å². The van der Waals surface area contributed by atoms with Gasteiger partial charge in [0.1, 0.15) is 0 Å². The van der Waals surface area contributed by atoms with E-state index in [1.165, 1.54) is 0 Å². The average molecular weight is 322 g/mol. The number of likely N-dealkylation sites (N-methyl/N-ethyl adjacent to an activating group) is 1. The number of hydrogen-bond donors (Lipinski definition) is 1. The van der Waals surface area contributed by atoms with Crippen LogP contribution in [0.1, 0.15) is 5.69 Å². The second kappa shape index (κ2) is 6.15. The van der Waals surface area contributed by atoms with Gasteiger partial charge in [-0.1, -0.05) is 23.7 Å². The summed E-state index contributed by atoms with van der Waals surface area (Å²) < 4.78 is 2.11. The van der Waals surface area contributed by atoms with Gasteiger partial charge in [-0.3, -0.25) is 9.30 Å². The summed E-state index contributed by atoms with van der Waals surface area (Å²) in [6, 6.07) is 7.74. The molecule has 6 heteroatoms. The fraction of sp³-hybridized carbons (Fsp3) is 0.267. The topological polar surface area (TPSA) is 40.8 Å². The summed E-state index contributed by atoms with van der Waals surface area (Å²) in [7, 11) is 1.99. The van der Waals surface area contributed by atoms with Crippen LogP contribution >= 0.6 is 22.9 Å². The van der Waals surface area contributed by atoms with Crippen molar-refractivity contribution in [2.24, 2.45) is 0 Å². The fourth-order valence-electron chi connectivity index (χ4n) is 2.33. The molecule has 0 aliphatic heterocycles. The summed E-state index contributed by atoms with van der Waals surface area (Å²) in [5, 5.41) is 11.8. The van der Waals surface area contributed by atoms with Crippen molar-refractivity contribution in [3.05, 3.63) is 46.6 Å². The Kier molecular flexibility index (Phi) is 4.26. The van der Waals surface area contributed by atoms with E-state index < -0.39 is 0 Å². The largest absolute Gasteiger partial charge is 0.395 e. The number of aliphatic hydroxyl groups is 1. The van der Waals surface area contributed by atoms with Gasteiger partial charge >= 0.3 is 0 Å². The van der Waals surface area contributed by atoms with E-state index in [0.29, 0.717) is 6.54 Å². The number of imidazole rings is 1. The lowest BCUT2D eigenvalue weighted by Gasteiger charge is -2.15. The van der Waals surface area contributed by atoms with Crippen molar-refractivity contribution in [1.29, 1.82) is 0 Å². The van der Waals surface area contributed by atoms with Gasteiger partial charge in [-0.15, -0.1) is 11.3 Å². The maximum absolute atomic E-state index is 9.08. The summed E-state index contributed by atoms with van der Waals surface area (Å²) in [5.41, 5.74) is 3.16. The molecule has 0 amide bonds. The quantitative estimate of drug-likeness (QED) is 0.785. The van der Waals surface area contributed by atoms with Crippen molar-refractivity contribution in [2.45, 2.75) is 6.54 Å². The number of nitrogens with zero attached hydrogens (tertiary/aromatic N) is 3. The molecule has 3 rings (SSSR count). The van der Waals surface area contributed by atoms with Crippen LogP contribution in [0.2, 0.25) is 5.02 Å². The van der Waals surface area contributed by atoms with Gasteiger partial charge in [0.15, 0.2) is 4.96 Å². The molecule has 0 saturated heterocycles. The minimum atomic E-state index is 0.151. The Labute approximate surface area is 132 Å². The molecular weight excluding hydrogens is 306 g/mol. The lowest BCUT2D eigenvalue weighted by atomic mass is 10.1. The van der Waals surface area contributed by atoms with Crippen molar-refractivity contribution < 1.29 is 5.11 Å². The molecule has 0 radical (unpaired) electrons. The first-order valence-corrected chi connectivity index (χ1v) is 7.94. The first-order chi connectivity index (χ1) is 10.2. The molecule has 0 atom stereocenters. The van der Waals surface area contributed by atoms with Crippen LogP contribution in [-0.2, 0) is 6.54 Å². The number of aromatic nitrogens is 2. The van der Waals surface area contributed by atoms with E-state index in [1.54, 1.807) is 11.3 Å². The molecule has 21 heavy (non-hydrogen) atoms. The third kappa shape index (κ3) is 2.96. The van der Waals surface area contributed by atoms with Crippen LogP contribution in [0.25, 0.3) is 16.2 Å². The van der Waals surface area contributed by atoms with Gasteiger partial charge in [0, 0.05) is 35.3 Å². The Balaban J connectivity index is 2.04. The lowest BCUT2D eigenvalue weighted by Crippen LogP contribution is -2.22. The van der Waals surface area contributed by atoms with Crippen molar-refractivity contribution in [2.75, 3.05) is 20.2 Å². The number of aliphatic hydroxyl groups excluding tert-OH is 1. The van der Waals surface area contributed by atoms with E-state index in [-0.39, 0.29) is 6.61 Å². The van der Waals surface area contributed by atoms with E-state index in [1.807, 2.05) is 42.9 Å². The van der Waals surface area contributed by atoms with Crippen LogP contribution in [0, 0.1) is 0 Å². The smallest absolute Gasteiger partial charge is 0.194 e. The normalized spacial score (nSPS) is 11.6. The predicted molar refractivity (Wildman–Crippen MR) is 86.9 cm³/mol. The Morgan fingerprint density at radius 2 is 2.10 bits per heavy atom. The molecule has 0 unspecified atom stereocenters. The standard InChI is InChI=1S/C15H16ClN3OS/c1-18(6-8-20)10-13-14(11-2-4-12(16)5-3-11)17-15-19(13)7-9-21-15/h2-5,7,9,20H,6,8,10H2,1H3. The van der Waals surface area contributed by atoms with Gasteiger partial charge < -0.3 is 5.11 Å². The minimum absolute atomic E-state index is 0.151. The molecule has 1 N–H and O–H groups in total. The highest BCUT2D eigenvalue weighted by atomic mass is 35.5. The zero-order valence-corrected chi connectivity index (χ0v) is 13.2. The van der Waals surface area contributed by atoms with Gasteiger partial charge in [0.25, 0.3) is 0 Å². The van der Waals surface area contributed by atoms with E-state index in [4.69, 9.17) is 21.7 Å². The molecule has 2 heterocycles. The molecule has 0 spiro atoms. The second-order valence-electron chi connectivity index (χ2n) is 4.93. The summed E-state index contributed by atoms with van der Waals surface area (Å²) in [6.45, 7) is 1.52. The Bertz CT molecular complexity index is 735. The molecule has 2 aromatic heterocycles. The third-order valence-corrected chi connectivity index (χ3v) is 4.39. The zero-order chi connectivity index (χ0) is 14.8. The van der Waals surface area contributed by atoms with Gasteiger partial charge in [-0.05, 0) is 19.2 Å². The SMILES string of the molecule is CN(CCO)Cc1c(-c2ccc(Cl)cc2)nc2sccn12. The Morgan fingerprint density at radius 1 is 1.33 bits per heavy atom. The van der Waals surface area contributed by atoms with Gasteiger partial charge in [0.05, 0.1) is 18.0 Å². The van der Waals surface area contributed by atoms with Crippen molar-refractivity contribution in [3.63, 3.8) is 0 Å². The highest BCUT2D eigenvalue weighted by Gasteiger charge is 2.16. The average Bonchev–Trinajstić information content (AvgIpc) is 3.03. The number of thiazole rings is 1. The first-order valence-electron chi connectivity index (χ1n) is 6.69. The summed E-state index contributed by atoms with van der Waals surface area (Å²) in [6.07, 6.45) is 2.04. The number of benzene rings is 1. The van der Waals surface area contributed by atoms with Gasteiger partial charge in [-0.2, -0.15) is 0 Å². The van der Waals surface area contributed by atoms with E-state index in [9.17, 15) is 0 Å². The number of halogens is 1. The molecule has 0 saturated carbocycles. The van der Waals surface area contributed by atoms with Crippen molar-refractivity contribution in [1.82, 2.24) is 14.3 Å². The molecular formula is C15H16ClN3OS. The molecule has 0 aliphatic carbocycles. The number of rotatable bonds is 5. The maximum Gasteiger partial charge on any atom is 0.194 e. The maximum atomic E-state index is 9.08. The zero-order valence-electron chi connectivity index (χ0n) is 11.7. The molecule has 3 aromatic rings. The van der Waals surface area contributed by atoms with E-state index in [0.717, 1.165) is 33.5 Å². The van der Waals surface area contributed by atoms with Crippen LogP contribution in [0.4, 0.5) is 0 Å². The van der Waals surface area contributed by atoms with Crippen LogP contribution in [0.5, 0.6) is 0 Å². The predicted octanol–water partition coefficient (Wildman–Crippen LogP) is 3.14. The van der Waals surface area contributed by atoms with Crippen LogP contribution in [0.15, 0.2) is 35.8 Å². The van der Waals surface area contributed by atoms with Crippen LogP contribution in [0.3, 0.4) is 0 Å². The minimum Gasteiger partial charge on any atom is -0.395 e. The monoisotopic (exact) mass is 321 g/mol. The van der Waals surface area contributed by atoms with Crippen molar-refractivity contribution in [3.8, 4) is 11.3 Å². The van der Waals surface area contributed by atoms with Gasteiger partial charge in [-0.25, -0.2) is 4.98 Å². The highest BCUT2D eigenvalue weighted by Crippen LogP contribution is 2.28. The number of hydrogen-bond acceptors (Lipinski definition) is 4. The Morgan fingerprint density at radius 3 is 2.81 bits per heavy atom. The number of fused-ring (bicyclic) bond motifs is 1. The molecule has 0 bridgehead atoms. The Hall–Kier alpha value is -1.40. The van der Waals surface area contributed by atoms with Crippen molar-refractivity contribution >= 4 is 27.9 Å². The van der Waals surface area contributed by atoms with E-state index >= 15 is 0 Å². The van der Waals surface area contributed by atoms with Crippen LogP contribution in [-0.4, -0.2) is 39.6 Å². The third-order valence-electron chi connectivity index (χ3n) is 3.38. The molecule has 1 aromatic carbocycles. The fourth-order valence-corrected chi connectivity index (χ4v) is 3.19. The molecule has 4 nitrogen and oxygen atoms in total. The molecule has 0 aliphatic rings. The molecule has 110 valence electrons. The van der Waals surface area contributed by atoms with Gasteiger partial charge in [0.2, 0.25) is 0 Å². The highest BCUT2D eigenvalue weighted by molar-refractivity contribution is 7.15. The first kappa shape index (κ1) is 14.5. The lowest BCUT2D eigenvalue weighted by molar-refractivity contribution is 0.216. The summed E-state index contributed by atoms with van der Waals surface area (Å²) in [5.74, 6) is 0. The molecule has 0 fully saturated rings. The summed E-state index contributed by atoms with van der Waals surface area (Å²) in [4.78, 5) is 7.80. The summed E-state index contributed by atoms with van der Waals surface area (Å²) >= 11 is 7.58.